The van der Waals surface area contributed by atoms with Crippen LogP contribution < -0.4 is 10.1 Å². The molecule has 1 aliphatic carbocycles. The van der Waals surface area contributed by atoms with Crippen molar-refractivity contribution in [2.75, 3.05) is 0 Å². The minimum absolute atomic E-state index is 0.0553. The Balaban J connectivity index is 1.70. The van der Waals surface area contributed by atoms with Crippen molar-refractivity contribution < 1.29 is 9.53 Å². The van der Waals surface area contributed by atoms with Crippen LogP contribution in [0.4, 0.5) is 0 Å². The molecule has 2 atom stereocenters. The summed E-state index contributed by atoms with van der Waals surface area (Å²) in [6.45, 7) is 7.97. The molecule has 0 bridgehead atoms. The lowest BCUT2D eigenvalue weighted by molar-refractivity contribution is -0.128. The molecule has 2 aromatic carbocycles. The molecule has 3 heteroatoms. The predicted molar refractivity (Wildman–Crippen MR) is 101 cm³/mol. The van der Waals surface area contributed by atoms with E-state index in [4.69, 9.17) is 4.74 Å². The van der Waals surface area contributed by atoms with Crippen molar-refractivity contribution in [3.8, 4) is 5.75 Å². The molecule has 25 heavy (non-hydrogen) atoms. The van der Waals surface area contributed by atoms with Gasteiger partial charge in [-0.25, -0.2) is 0 Å². The van der Waals surface area contributed by atoms with Gasteiger partial charge in [-0.15, -0.1) is 0 Å². The van der Waals surface area contributed by atoms with Gasteiger partial charge < -0.3 is 10.1 Å². The normalized spacial score (nSPS) is 17.5. The number of hydrogen-bond donors (Lipinski definition) is 1. The van der Waals surface area contributed by atoms with Gasteiger partial charge in [0, 0.05) is 0 Å². The van der Waals surface area contributed by atoms with E-state index in [1.807, 2.05) is 32.9 Å². The van der Waals surface area contributed by atoms with Crippen molar-refractivity contribution in [1.82, 2.24) is 5.32 Å². The predicted octanol–water partition coefficient (Wildman–Crippen LogP) is 4.57. The van der Waals surface area contributed by atoms with Crippen LogP contribution in [-0.4, -0.2) is 12.0 Å². The van der Waals surface area contributed by atoms with Crippen LogP contribution in [0.5, 0.6) is 5.75 Å². The van der Waals surface area contributed by atoms with Crippen LogP contribution in [-0.2, 0) is 11.2 Å². The van der Waals surface area contributed by atoms with Gasteiger partial charge in [-0.2, -0.15) is 0 Å². The van der Waals surface area contributed by atoms with E-state index < -0.39 is 6.10 Å². The second-order valence-electron chi connectivity index (χ2n) is 7.12. The molecule has 0 radical (unpaired) electrons. The fourth-order valence-electron chi connectivity index (χ4n) is 3.56. The Morgan fingerprint density at radius 1 is 1.20 bits per heavy atom. The maximum Gasteiger partial charge on any atom is 0.261 e. The quantitative estimate of drug-likeness (QED) is 0.887. The van der Waals surface area contributed by atoms with E-state index in [1.165, 1.54) is 16.7 Å². The first-order valence-corrected chi connectivity index (χ1v) is 9.08. The van der Waals surface area contributed by atoms with Crippen molar-refractivity contribution in [3.63, 3.8) is 0 Å². The van der Waals surface area contributed by atoms with E-state index in [1.54, 1.807) is 0 Å². The molecule has 1 aliphatic rings. The van der Waals surface area contributed by atoms with E-state index >= 15 is 0 Å². The highest BCUT2D eigenvalue weighted by Crippen LogP contribution is 2.30. The fourth-order valence-corrected chi connectivity index (χ4v) is 3.56. The van der Waals surface area contributed by atoms with Gasteiger partial charge in [0.25, 0.3) is 5.91 Å². The molecule has 132 valence electrons. The van der Waals surface area contributed by atoms with Gasteiger partial charge >= 0.3 is 0 Å². The second-order valence-corrected chi connectivity index (χ2v) is 7.12. The molecule has 3 rings (SSSR count). The van der Waals surface area contributed by atoms with Gasteiger partial charge in [-0.05, 0) is 80.8 Å². The number of fused-ring (bicyclic) bond motifs is 1. The standard InChI is InChI=1S/C22H27NO2/c1-14-12-15(2)16(3)21(13-14)25-17(4)22(24)23-20-11-7-9-18-8-5-6-10-19(18)20/h5-6,8,10,12-13,17,20H,7,9,11H2,1-4H3,(H,23,24)/t17-,20+/m0/s1. The van der Waals surface area contributed by atoms with Gasteiger partial charge in [0.1, 0.15) is 5.75 Å². The van der Waals surface area contributed by atoms with Gasteiger partial charge in [0.2, 0.25) is 0 Å². The van der Waals surface area contributed by atoms with E-state index in [0.29, 0.717) is 0 Å². The molecule has 0 unspecified atom stereocenters. The van der Waals surface area contributed by atoms with Crippen LogP contribution in [0.3, 0.4) is 0 Å². The third-order valence-electron chi connectivity index (χ3n) is 5.12. The summed E-state index contributed by atoms with van der Waals surface area (Å²) in [7, 11) is 0. The first-order valence-electron chi connectivity index (χ1n) is 9.08. The first kappa shape index (κ1) is 17.5. The molecule has 1 amide bonds. The van der Waals surface area contributed by atoms with Gasteiger partial charge in [-0.1, -0.05) is 30.3 Å². The zero-order valence-corrected chi connectivity index (χ0v) is 15.6. The number of carbonyl (C=O) groups is 1. The highest BCUT2D eigenvalue weighted by Gasteiger charge is 2.24. The van der Waals surface area contributed by atoms with Crippen molar-refractivity contribution in [2.45, 2.75) is 59.1 Å². The molecule has 3 nitrogen and oxygen atoms in total. The molecule has 0 saturated heterocycles. The van der Waals surface area contributed by atoms with Crippen LogP contribution in [0.25, 0.3) is 0 Å². The summed E-state index contributed by atoms with van der Waals surface area (Å²) in [4.78, 5) is 12.7. The van der Waals surface area contributed by atoms with Gasteiger partial charge in [0.05, 0.1) is 6.04 Å². The molecular weight excluding hydrogens is 310 g/mol. The maximum atomic E-state index is 12.7. The molecule has 0 aliphatic heterocycles. The van der Waals surface area contributed by atoms with Crippen LogP contribution in [0, 0.1) is 20.8 Å². The average molecular weight is 337 g/mol. The Labute approximate surface area is 150 Å². The van der Waals surface area contributed by atoms with Crippen LogP contribution in [0.2, 0.25) is 0 Å². The van der Waals surface area contributed by atoms with Crippen molar-refractivity contribution >= 4 is 5.91 Å². The summed E-state index contributed by atoms with van der Waals surface area (Å²) in [6.07, 6.45) is 2.66. The summed E-state index contributed by atoms with van der Waals surface area (Å²) in [5.41, 5.74) is 6.01. The largest absolute Gasteiger partial charge is 0.481 e. The topological polar surface area (TPSA) is 38.3 Å². The summed E-state index contributed by atoms with van der Waals surface area (Å²) >= 11 is 0. The SMILES string of the molecule is Cc1cc(C)c(C)c(O[C@@H](C)C(=O)N[C@@H]2CCCc3ccccc32)c1. The molecule has 2 aromatic rings. The Hall–Kier alpha value is -2.29. The highest BCUT2D eigenvalue weighted by molar-refractivity contribution is 5.81. The number of rotatable bonds is 4. The Kier molecular flexibility index (Phi) is 5.12. The van der Waals surface area contributed by atoms with Gasteiger partial charge in [0.15, 0.2) is 6.10 Å². The van der Waals surface area contributed by atoms with E-state index in [2.05, 4.69) is 36.5 Å². The lowest BCUT2D eigenvalue weighted by Gasteiger charge is -2.27. The third-order valence-corrected chi connectivity index (χ3v) is 5.12. The molecule has 0 saturated carbocycles. The average Bonchev–Trinajstić information content (AvgIpc) is 2.59. The number of hydrogen-bond acceptors (Lipinski definition) is 2. The highest BCUT2D eigenvalue weighted by atomic mass is 16.5. The number of ether oxygens (including phenoxy) is 1. The number of nitrogens with one attached hydrogen (secondary N) is 1. The number of amides is 1. The fraction of sp³-hybridized carbons (Fsp3) is 0.409. The zero-order chi connectivity index (χ0) is 18.0. The van der Waals surface area contributed by atoms with Crippen molar-refractivity contribution in [3.05, 3.63) is 64.2 Å². The van der Waals surface area contributed by atoms with Crippen LogP contribution in [0.1, 0.15) is 53.6 Å². The summed E-state index contributed by atoms with van der Waals surface area (Å²) < 4.78 is 5.99. The molecule has 0 aromatic heterocycles. The van der Waals surface area contributed by atoms with Crippen molar-refractivity contribution in [1.29, 1.82) is 0 Å². The summed E-state index contributed by atoms with van der Waals surface area (Å²) in [5, 5.41) is 3.18. The molecule has 0 heterocycles. The Bertz CT molecular complexity index is 782. The Morgan fingerprint density at radius 3 is 2.76 bits per heavy atom. The minimum atomic E-state index is -0.519. The van der Waals surface area contributed by atoms with Crippen molar-refractivity contribution in [2.24, 2.45) is 0 Å². The monoisotopic (exact) mass is 337 g/mol. The number of benzene rings is 2. The summed E-state index contributed by atoms with van der Waals surface area (Å²) in [5.74, 6) is 0.740. The number of aryl methyl sites for hydroxylation is 3. The minimum Gasteiger partial charge on any atom is -0.481 e. The van der Waals surface area contributed by atoms with E-state index in [0.717, 1.165) is 36.1 Å². The smallest absolute Gasteiger partial charge is 0.261 e. The lowest BCUT2D eigenvalue weighted by Crippen LogP contribution is -2.39. The molecule has 1 N–H and O–H groups in total. The second kappa shape index (κ2) is 7.30. The maximum absolute atomic E-state index is 12.7. The zero-order valence-electron chi connectivity index (χ0n) is 15.6. The van der Waals surface area contributed by atoms with E-state index in [9.17, 15) is 4.79 Å². The molecular formula is C22H27NO2. The first-order chi connectivity index (χ1) is 12.0. The Morgan fingerprint density at radius 2 is 1.96 bits per heavy atom. The summed E-state index contributed by atoms with van der Waals surface area (Å²) in [6, 6.07) is 12.6. The molecule has 0 fully saturated rings. The third kappa shape index (κ3) is 3.87. The van der Waals surface area contributed by atoms with Gasteiger partial charge in [-0.3, -0.25) is 4.79 Å². The van der Waals surface area contributed by atoms with Crippen LogP contribution >= 0.6 is 0 Å². The van der Waals surface area contributed by atoms with Crippen LogP contribution in [0.15, 0.2) is 36.4 Å². The molecule has 0 spiro atoms. The number of carbonyl (C=O) groups excluding carboxylic acids is 1. The van der Waals surface area contributed by atoms with E-state index in [-0.39, 0.29) is 11.9 Å². The lowest BCUT2D eigenvalue weighted by atomic mass is 9.87.